The van der Waals surface area contributed by atoms with Crippen LogP contribution in [0.25, 0.3) is 11.1 Å². The molecule has 3 rings (SSSR count). The smallest absolute Gasteiger partial charge is 0.231 e. The second kappa shape index (κ2) is 3.03. The van der Waals surface area contributed by atoms with Crippen molar-refractivity contribution in [1.29, 1.82) is 0 Å². The van der Waals surface area contributed by atoms with Gasteiger partial charge in [0.2, 0.25) is 6.79 Å². The molecule has 14 heavy (non-hydrogen) atoms. The number of fused-ring (bicyclic) bond motifs is 1. The Labute approximate surface area is 85.7 Å². The molecule has 0 N–H and O–H groups in total. The number of ether oxygens (including phenoxy) is 2. The molecule has 0 fully saturated rings. The molecule has 1 aliphatic rings. The highest BCUT2D eigenvalue weighted by molar-refractivity contribution is 7.07. The quantitative estimate of drug-likeness (QED) is 0.709. The van der Waals surface area contributed by atoms with Gasteiger partial charge in [0.15, 0.2) is 11.5 Å². The normalized spacial score (nSPS) is 13.1. The van der Waals surface area contributed by atoms with E-state index in [1.807, 2.05) is 29.6 Å². The van der Waals surface area contributed by atoms with Gasteiger partial charge < -0.3 is 9.47 Å². The van der Waals surface area contributed by atoms with Gasteiger partial charge in [-0.3, -0.25) is 0 Å². The first-order valence-corrected chi connectivity index (χ1v) is 5.17. The van der Waals surface area contributed by atoms with Crippen LogP contribution in [0.1, 0.15) is 0 Å². The average Bonchev–Trinajstić information content (AvgIpc) is 2.88. The SMILES string of the molecule is [c]1sccc1-c1cccc2c1OCO2. The lowest BCUT2D eigenvalue weighted by Gasteiger charge is -2.02. The molecule has 0 bridgehead atoms. The summed E-state index contributed by atoms with van der Waals surface area (Å²) in [4.78, 5) is 0. The first kappa shape index (κ1) is 7.88. The number of para-hydroxylation sites is 1. The molecule has 1 radical (unpaired) electrons. The number of hydrogen-bond acceptors (Lipinski definition) is 3. The van der Waals surface area contributed by atoms with E-state index in [0.29, 0.717) is 6.79 Å². The van der Waals surface area contributed by atoms with Gasteiger partial charge in [0.1, 0.15) is 0 Å². The Hall–Kier alpha value is -1.48. The van der Waals surface area contributed by atoms with Gasteiger partial charge in [-0.05, 0) is 17.5 Å². The molecular formula is C11H7O2S. The van der Waals surface area contributed by atoms with E-state index in [1.54, 1.807) is 11.3 Å². The van der Waals surface area contributed by atoms with Crippen LogP contribution >= 0.6 is 11.3 Å². The van der Waals surface area contributed by atoms with Gasteiger partial charge in [-0.15, -0.1) is 11.3 Å². The standard InChI is InChI=1S/C11H7O2S/c1-2-9(8-4-5-14-6-8)11-10(3-1)12-7-13-11/h1-5H,7H2. The molecule has 2 aromatic rings. The van der Waals surface area contributed by atoms with Crippen molar-refractivity contribution in [2.75, 3.05) is 6.79 Å². The summed E-state index contributed by atoms with van der Waals surface area (Å²) < 4.78 is 10.7. The zero-order valence-corrected chi connectivity index (χ0v) is 8.14. The third kappa shape index (κ3) is 1.09. The first-order chi connectivity index (χ1) is 6.95. The van der Waals surface area contributed by atoms with Crippen molar-refractivity contribution in [3.63, 3.8) is 0 Å². The predicted octanol–water partition coefficient (Wildman–Crippen LogP) is 2.94. The lowest BCUT2D eigenvalue weighted by atomic mass is 10.1. The number of thiophene rings is 1. The Morgan fingerprint density at radius 2 is 2.21 bits per heavy atom. The number of hydrogen-bond donors (Lipinski definition) is 0. The highest BCUT2D eigenvalue weighted by Gasteiger charge is 2.18. The van der Waals surface area contributed by atoms with Gasteiger partial charge in [0.25, 0.3) is 0 Å². The molecule has 2 nitrogen and oxygen atoms in total. The molecule has 1 aliphatic heterocycles. The maximum atomic E-state index is 5.42. The zero-order chi connectivity index (χ0) is 9.38. The van der Waals surface area contributed by atoms with Gasteiger partial charge in [0.05, 0.1) is 5.38 Å². The summed E-state index contributed by atoms with van der Waals surface area (Å²) in [7, 11) is 0. The molecular weight excluding hydrogens is 196 g/mol. The Morgan fingerprint density at radius 3 is 3.07 bits per heavy atom. The lowest BCUT2D eigenvalue weighted by Crippen LogP contribution is -1.93. The summed E-state index contributed by atoms with van der Waals surface area (Å²) in [5.74, 6) is 1.66. The monoisotopic (exact) mass is 203 g/mol. The molecule has 0 amide bonds. The summed E-state index contributed by atoms with van der Waals surface area (Å²) in [6, 6.07) is 7.93. The summed E-state index contributed by atoms with van der Waals surface area (Å²) in [5.41, 5.74) is 2.12. The lowest BCUT2D eigenvalue weighted by molar-refractivity contribution is 0.174. The third-order valence-corrected chi connectivity index (χ3v) is 2.77. The van der Waals surface area contributed by atoms with Crippen molar-refractivity contribution < 1.29 is 9.47 Å². The van der Waals surface area contributed by atoms with Gasteiger partial charge in [-0.25, -0.2) is 0 Å². The van der Waals surface area contributed by atoms with Crippen molar-refractivity contribution in [2.45, 2.75) is 0 Å². The van der Waals surface area contributed by atoms with Crippen molar-refractivity contribution >= 4 is 11.3 Å². The van der Waals surface area contributed by atoms with E-state index >= 15 is 0 Å². The summed E-state index contributed by atoms with van der Waals surface area (Å²) in [6.07, 6.45) is 0. The van der Waals surface area contributed by atoms with Crippen molar-refractivity contribution in [2.24, 2.45) is 0 Å². The Kier molecular flexibility index (Phi) is 1.70. The van der Waals surface area contributed by atoms with E-state index in [2.05, 4.69) is 5.38 Å². The molecule has 0 saturated heterocycles. The molecule has 1 aromatic carbocycles. The van der Waals surface area contributed by atoms with E-state index in [-0.39, 0.29) is 0 Å². The van der Waals surface area contributed by atoms with Crippen LogP contribution in [0.3, 0.4) is 0 Å². The molecule has 0 unspecified atom stereocenters. The van der Waals surface area contributed by atoms with E-state index in [0.717, 1.165) is 22.6 Å². The molecule has 0 atom stereocenters. The van der Waals surface area contributed by atoms with E-state index in [4.69, 9.17) is 9.47 Å². The molecule has 1 aromatic heterocycles. The maximum Gasteiger partial charge on any atom is 0.231 e. The molecule has 69 valence electrons. The van der Waals surface area contributed by atoms with Gasteiger partial charge in [-0.1, -0.05) is 12.1 Å². The highest BCUT2D eigenvalue weighted by Crippen LogP contribution is 2.41. The predicted molar refractivity (Wildman–Crippen MR) is 54.7 cm³/mol. The Morgan fingerprint density at radius 1 is 1.21 bits per heavy atom. The summed E-state index contributed by atoms with van der Waals surface area (Å²) in [6.45, 7) is 0.316. The molecule has 2 heterocycles. The van der Waals surface area contributed by atoms with Crippen LogP contribution in [0.4, 0.5) is 0 Å². The van der Waals surface area contributed by atoms with Crippen LogP contribution in [0.15, 0.2) is 29.6 Å². The number of benzene rings is 1. The second-order valence-corrected chi connectivity index (χ2v) is 3.69. The number of rotatable bonds is 1. The van der Waals surface area contributed by atoms with Crippen LogP contribution in [-0.2, 0) is 0 Å². The van der Waals surface area contributed by atoms with E-state index in [1.165, 1.54) is 0 Å². The van der Waals surface area contributed by atoms with E-state index in [9.17, 15) is 0 Å². The van der Waals surface area contributed by atoms with E-state index < -0.39 is 0 Å². The van der Waals surface area contributed by atoms with Crippen LogP contribution in [-0.4, -0.2) is 6.79 Å². The summed E-state index contributed by atoms with van der Waals surface area (Å²) >= 11 is 1.56. The first-order valence-electron chi connectivity index (χ1n) is 4.29. The van der Waals surface area contributed by atoms with Crippen LogP contribution in [0.5, 0.6) is 11.5 Å². The molecule has 0 aliphatic carbocycles. The van der Waals surface area contributed by atoms with Crippen molar-refractivity contribution in [3.05, 3.63) is 35.0 Å². The minimum absolute atomic E-state index is 0.316. The molecule has 0 spiro atoms. The fourth-order valence-electron chi connectivity index (χ4n) is 1.52. The fourth-order valence-corrected chi connectivity index (χ4v) is 2.10. The fraction of sp³-hybridized carbons (Fsp3) is 0.0909. The van der Waals surface area contributed by atoms with Gasteiger partial charge >= 0.3 is 0 Å². The van der Waals surface area contributed by atoms with Gasteiger partial charge in [0, 0.05) is 11.1 Å². The minimum atomic E-state index is 0.316. The Balaban J connectivity index is 2.20. The van der Waals surface area contributed by atoms with Crippen LogP contribution < -0.4 is 9.47 Å². The van der Waals surface area contributed by atoms with Crippen molar-refractivity contribution in [3.8, 4) is 22.6 Å². The minimum Gasteiger partial charge on any atom is -0.454 e. The van der Waals surface area contributed by atoms with Crippen LogP contribution in [0.2, 0.25) is 0 Å². The zero-order valence-electron chi connectivity index (χ0n) is 7.32. The highest BCUT2D eigenvalue weighted by atomic mass is 32.1. The maximum absolute atomic E-state index is 5.42. The third-order valence-electron chi connectivity index (χ3n) is 2.16. The van der Waals surface area contributed by atoms with Gasteiger partial charge in [-0.2, -0.15) is 0 Å². The Bertz CT molecular complexity index is 448. The second-order valence-electron chi connectivity index (χ2n) is 2.98. The van der Waals surface area contributed by atoms with Crippen molar-refractivity contribution in [1.82, 2.24) is 0 Å². The summed E-state index contributed by atoms with van der Waals surface area (Å²) in [5, 5.41) is 5.19. The molecule has 0 saturated carbocycles. The molecule has 3 heteroatoms. The largest absolute Gasteiger partial charge is 0.454 e. The average molecular weight is 203 g/mol. The van der Waals surface area contributed by atoms with Crippen LogP contribution in [0, 0.1) is 5.38 Å². The topological polar surface area (TPSA) is 18.5 Å².